The molecule has 8 heteroatoms. The zero-order chi connectivity index (χ0) is 18.3. The molecule has 0 bridgehead atoms. The number of carbonyl (C=O) groups excluding carboxylic acids is 1. The number of fused-ring (bicyclic) bond motifs is 1. The molecule has 26 heavy (non-hydrogen) atoms. The summed E-state index contributed by atoms with van der Waals surface area (Å²) >= 11 is 0. The van der Waals surface area contributed by atoms with E-state index in [0.717, 1.165) is 18.5 Å². The molecule has 142 valence electrons. The second-order valence-corrected chi connectivity index (χ2v) is 10.1. The number of rotatable bonds is 5. The smallest absolute Gasteiger partial charge is 0.225 e. The van der Waals surface area contributed by atoms with E-state index in [0.29, 0.717) is 31.4 Å². The number of hydrogen-bond donors (Lipinski definition) is 1. The Balaban J connectivity index is 1.51. The lowest BCUT2D eigenvalue weighted by Crippen LogP contribution is -2.47. The molecule has 1 amide bonds. The number of hydrogen-bond acceptors (Lipinski definition) is 6. The van der Waals surface area contributed by atoms with Crippen molar-refractivity contribution in [2.75, 3.05) is 30.3 Å². The lowest BCUT2D eigenvalue weighted by Gasteiger charge is -2.31. The van der Waals surface area contributed by atoms with Gasteiger partial charge in [-0.25, -0.2) is 18.4 Å². The molecule has 2 saturated heterocycles. The number of aryl methyl sites for hydroxylation is 1. The van der Waals surface area contributed by atoms with Crippen LogP contribution in [0.2, 0.25) is 0 Å². The first-order chi connectivity index (χ1) is 12.5. The van der Waals surface area contributed by atoms with Gasteiger partial charge in [0, 0.05) is 43.9 Å². The zero-order valence-electron chi connectivity index (χ0n) is 15.1. The van der Waals surface area contributed by atoms with Crippen molar-refractivity contribution >= 4 is 21.7 Å². The molecular formula is C18H26N4O3S. The van der Waals surface area contributed by atoms with Gasteiger partial charge in [-0.3, -0.25) is 4.79 Å². The predicted molar refractivity (Wildman–Crippen MR) is 98.5 cm³/mol. The lowest BCUT2D eigenvalue weighted by molar-refractivity contribution is -0.126. The molecule has 7 nitrogen and oxygen atoms in total. The van der Waals surface area contributed by atoms with Crippen molar-refractivity contribution in [2.24, 2.45) is 17.8 Å². The van der Waals surface area contributed by atoms with Gasteiger partial charge in [0.1, 0.15) is 0 Å². The Kier molecular flexibility index (Phi) is 4.62. The fourth-order valence-electron chi connectivity index (χ4n) is 4.10. The van der Waals surface area contributed by atoms with Gasteiger partial charge in [0.25, 0.3) is 0 Å². The molecule has 4 rings (SSSR count). The van der Waals surface area contributed by atoms with Crippen LogP contribution in [-0.2, 0) is 21.1 Å². The van der Waals surface area contributed by atoms with Crippen molar-refractivity contribution < 1.29 is 13.2 Å². The Morgan fingerprint density at radius 2 is 1.96 bits per heavy atom. The Bertz CT molecular complexity index is 776. The van der Waals surface area contributed by atoms with Crippen molar-refractivity contribution in [3.05, 3.63) is 18.0 Å². The first kappa shape index (κ1) is 17.7. The van der Waals surface area contributed by atoms with Gasteiger partial charge in [0.15, 0.2) is 9.84 Å². The minimum atomic E-state index is -3.18. The molecule has 1 aromatic rings. The lowest BCUT2D eigenvalue weighted by atomic mass is 9.87. The van der Waals surface area contributed by atoms with E-state index in [-0.39, 0.29) is 23.5 Å². The molecule has 3 atom stereocenters. The molecule has 0 spiro atoms. The van der Waals surface area contributed by atoms with Crippen LogP contribution in [0.15, 0.2) is 12.4 Å². The fraction of sp³-hybridized carbons (Fsp3) is 0.722. The molecular weight excluding hydrogens is 352 g/mol. The third-order valence-electron chi connectivity index (χ3n) is 5.98. The summed E-state index contributed by atoms with van der Waals surface area (Å²) in [6.45, 7) is 3.67. The highest BCUT2D eigenvalue weighted by molar-refractivity contribution is 7.92. The minimum absolute atomic E-state index is 0.0194. The monoisotopic (exact) mass is 378 g/mol. The average Bonchev–Trinajstić information content (AvgIpc) is 3.36. The number of amides is 1. The van der Waals surface area contributed by atoms with Gasteiger partial charge in [-0.2, -0.15) is 0 Å². The number of anilines is 1. The largest absolute Gasteiger partial charge is 0.356 e. The van der Waals surface area contributed by atoms with Crippen molar-refractivity contribution in [3.8, 4) is 0 Å². The predicted octanol–water partition coefficient (Wildman–Crippen LogP) is 0.805. The van der Waals surface area contributed by atoms with Gasteiger partial charge in [0.05, 0.1) is 11.0 Å². The van der Waals surface area contributed by atoms with Gasteiger partial charge in [-0.15, -0.1) is 0 Å². The summed E-state index contributed by atoms with van der Waals surface area (Å²) in [4.78, 5) is 23.4. The van der Waals surface area contributed by atoms with Crippen molar-refractivity contribution in [2.45, 2.75) is 37.9 Å². The standard InChI is InChI=1S/C18H26N4O3S/c1-2-12-7-20-18(21-8-12)22-10-15-14(17(23)19-9-13-3-4-13)5-6-26(24,25)16(15)11-22/h7-8,13-16H,2-6,9-11H2,1H3,(H,19,23)/t14-,15+,16+/m1/s1. The van der Waals surface area contributed by atoms with Crippen LogP contribution in [0.4, 0.5) is 5.95 Å². The SMILES string of the molecule is CCc1cnc(N2C[C@H]3[C@H](C(=O)NCC4CC4)CCS(=O)(=O)[C@H]3C2)nc1. The molecule has 0 radical (unpaired) electrons. The van der Waals surface area contributed by atoms with Crippen LogP contribution in [0, 0.1) is 17.8 Å². The zero-order valence-corrected chi connectivity index (χ0v) is 15.9. The molecule has 1 saturated carbocycles. The highest BCUT2D eigenvalue weighted by atomic mass is 32.2. The van der Waals surface area contributed by atoms with E-state index < -0.39 is 15.1 Å². The first-order valence-electron chi connectivity index (χ1n) is 9.53. The highest BCUT2D eigenvalue weighted by Crippen LogP contribution is 2.38. The second kappa shape index (κ2) is 6.79. The Hall–Kier alpha value is -1.70. The normalized spacial score (nSPS) is 30.0. The van der Waals surface area contributed by atoms with E-state index >= 15 is 0 Å². The number of carbonyl (C=O) groups is 1. The van der Waals surface area contributed by atoms with Gasteiger partial charge in [0.2, 0.25) is 11.9 Å². The highest BCUT2D eigenvalue weighted by Gasteiger charge is 2.51. The molecule has 3 heterocycles. The van der Waals surface area contributed by atoms with Gasteiger partial charge in [-0.1, -0.05) is 6.92 Å². The minimum Gasteiger partial charge on any atom is -0.356 e. The van der Waals surface area contributed by atoms with E-state index in [2.05, 4.69) is 15.3 Å². The van der Waals surface area contributed by atoms with E-state index in [4.69, 9.17) is 0 Å². The maximum absolute atomic E-state index is 12.7. The molecule has 1 aliphatic carbocycles. The first-order valence-corrected chi connectivity index (χ1v) is 11.2. The van der Waals surface area contributed by atoms with Gasteiger partial charge >= 0.3 is 0 Å². The summed E-state index contributed by atoms with van der Waals surface area (Å²) in [6.07, 6.45) is 7.23. The molecule has 1 N–H and O–H groups in total. The Morgan fingerprint density at radius 1 is 1.23 bits per heavy atom. The van der Waals surface area contributed by atoms with Crippen LogP contribution in [-0.4, -0.2) is 54.9 Å². The van der Waals surface area contributed by atoms with Gasteiger partial charge in [-0.05, 0) is 37.2 Å². The fourth-order valence-corrected chi connectivity index (χ4v) is 6.20. The van der Waals surface area contributed by atoms with Crippen LogP contribution in [0.5, 0.6) is 0 Å². The Labute approximate surface area is 154 Å². The maximum Gasteiger partial charge on any atom is 0.225 e. The summed E-state index contributed by atoms with van der Waals surface area (Å²) in [5.74, 6) is 0.881. The van der Waals surface area contributed by atoms with Crippen molar-refractivity contribution in [1.82, 2.24) is 15.3 Å². The van der Waals surface area contributed by atoms with Crippen LogP contribution in [0.3, 0.4) is 0 Å². The molecule has 1 aromatic heterocycles. The van der Waals surface area contributed by atoms with E-state index in [1.807, 2.05) is 11.8 Å². The third-order valence-corrected chi connectivity index (χ3v) is 8.21. The van der Waals surface area contributed by atoms with Crippen LogP contribution >= 0.6 is 0 Å². The van der Waals surface area contributed by atoms with E-state index in [9.17, 15) is 13.2 Å². The molecule has 3 aliphatic rings. The second-order valence-electron chi connectivity index (χ2n) is 7.80. The molecule has 0 unspecified atom stereocenters. The third kappa shape index (κ3) is 3.43. The summed E-state index contributed by atoms with van der Waals surface area (Å²) in [6, 6.07) is 0. The number of nitrogens with zero attached hydrogens (tertiary/aromatic N) is 3. The quantitative estimate of drug-likeness (QED) is 0.815. The number of sulfone groups is 1. The van der Waals surface area contributed by atoms with Crippen molar-refractivity contribution in [3.63, 3.8) is 0 Å². The van der Waals surface area contributed by atoms with Crippen LogP contribution in [0.25, 0.3) is 0 Å². The molecule has 0 aromatic carbocycles. The van der Waals surface area contributed by atoms with Gasteiger partial charge < -0.3 is 10.2 Å². The molecule has 3 fully saturated rings. The van der Waals surface area contributed by atoms with Crippen LogP contribution < -0.4 is 10.2 Å². The van der Waals surface area contributed by atoms with Crippen molar-refractivity contribution in [1.29, 1.82) is 0 Å². The Morgan fingerprint density at radius 3 is 2.62 bits per heavy atom. The number of aromatic nitrogens is 2. The number of nitrogens with one attached hydrogen (secondary N) is 1. The molecule has 2 aliphatic heterocycles. The summed E-state index contributed by atoms with van der Waals surface area (Å²) in [7, 11) is -3.18. The van der Waals surface area contributed by atoms with E-state index in [1.54, 1.807) is 12.4 Å². The summed E-state index contributed by atoms with van der Waals surface area (Å²) < 4.78 is 25.2. The van der Waals surface area contributed by atoms with Crippen LogP contribution in [0.1, 0.15) is 31.7 Å². The maximum atomic E-state index is 12.7. The summed E-state index contributed by atoms with van der Waals surface area (Å²) in [5, 5.41) is 2.54. The summed E-state index contributed by atoms with van der Waals surface area (Å²) in [5.41, 5.74) is 1.05. The average molecular weight is 378 g/mol. The topological polar surface area (TPSA) is 92.3 Å². The van der Waals surface area contributed by atoms with E-state index in [1.165, 1.54) is 12.8 Å².